The predicted octanol–water partition coefficient (Wildman–Crippen LogP) is 3.53. The van der Waals surface area contributed by atoms with E-state index in [1.54, 1.807) is 30.5 Å². The molecule has 2 N–H and O–H groups in total. The maximum absolute atomic E-state index is 11.4. The summed E-state index contributed by atoms with van der Waals surface area (Å²) in [5.41, 5.74) is 0.463. The summed E-state index contributed by atoms with van der Waals surface area (Å²) >= 11 is 2.44. The third-order valence-corrected chi connectivity index (χ3v) is 4.88. The molecule has 0 amide bonds. The lowest BCUT2D eigenvalue weighted by Crippen LogP contribution is -2.06. The highest BCUT2D eigenvalue weighted by Crippen LogP contribution is 2.41. The van der Waals surface area contributed by atoms with E-state index in [-0.39, 0.29) is 11.1 Å². The molecule has 0 saturated carbocycles. The van der Waals surface area contributed by atoms with E-state index in [2.05, 4.69) is 0 Å². The lowest BCUT2D eigenvalue weighted by Gasteiger charge is -2.00. The fraction of sp³-hybridized carbons (Fsp3) is 0.0769. The largest absolute Gasteiger partial charge is 0.478 e. The van der Waals surface area contributed by atoms with E-state index < -0.39 is 11.9 Å². The van der Waals surface area contributed by atoms with Crippen LogP contribution in [0.5, 0.6) is 0 Å². The summed E-state index contributed by atoms with van der Waals surface area (Å²) in [4.78, 5) is 23.1. The van der Waals surface area contributed by atoms with Crippen LogP contribution in [0.3, 0.4) is 0 Å². The molecular formula is C13H10O4S2. The molecule has 0 saturated heterocycles. The first kappa shape index (κ1) is 13.6. The van der Waals surface area contributed by atoms with Gasteiger partial charge in [0.15, 0.2) is 0 Å². The van der Waals surface area contributed by atoms with Gasteiger partial charge < -0.3 is 10.2 Å². The standard InChI is InChI=1S/C13H10O4S2/c1-18-13-9(12(16)17)8(11(14)15)10(19-13)7-5-3-2-4-6-7/h2-6H,1H3,(H,14,15)(H,16,17). The Balaban J connectivity index is 2.75. The van der Waals surface area contributed by atoms with E-state index in [1.165, 1.54) is 23.1 Å². The molecule has 98 valence electrons. The van der Waals surface area contributed by atoms with Crippen LogP contribution in [0.25, 0.3) is 10.4 Å². The minimum atomic E-state index is -1.21. The highest BCUT2D eigenvalue weighted by molar-refractivity contribution is 8.00. The molecule has 0 atom stereocenters. The Kier molecular flexibility index (Phi) is 3.92. The van der Waals surface area contributed by atoms with Gasteiger partial charge in [-0.25, -0.2) is 9.59 Å². The van der Waals surface area contributed by atoms with E-state index in [0.717, 1.165) is 0 Å². The number of aromatic carboxylic acids is 2. The average Bonchev–Trinajstić information content (AvgIpc) is 2.79. The number of benzene rings is 1. The zero-order valence-electron chi connectivity index (χ0n) is 9.91. The maximum atomic E-state index is 11.4. The van der Waals surface area contributed by atoms with Crippen molar-refractivity contribution in [3.63, 3.8) is 0 Å². The summed E-state index contributed by atoms with van der Waals surface area (Å²) in [6.45, 7) is 0. The lowest BCUT2D eigenvalue weighted by molar-refractivity contribution is 0.0651. The first-order chi connectivity index (χ1) is 9.06. The third-order valence-electron chi connectivity index (χ3n) is 2.53. The summed E-state index contributed by atoms with van der Waals surface area (Å²) in [6.07, 6.45) is 1.73. The first-order valence-electron chi connectivity index (χ1n) is 5.29. The molecule has 4 nitrogen and oxygen atoms in total. The minimum absolute atomic E-state index is 0.121. The molecule has 0 aliphatic rings. The molecule has 0 unspecified atom stereocenters. The van der Waals surface area contributed by atoms with Gasteiger partial charge in [-0.3, -0.25) is 0 Å². The van der Waals surface area contributed by atoms with Crippen molar-refractivity contribution in [1.29, 1.82) is 0 Å². The van der Waals surface area contributed by atoms with Crippen molar-refractivity contribution >= 4 is 35.0 Å². The molecule has 1 aromatic carbocycles. The molecule has 0 aliphatic carbocycles. The van der Waals surface area contributed by atoms with Crippen LogP contribution in [0.2, 0.25) is 0 Å². The molecule has 1 aromatic heterocycles. The number of thioether (sulfide) groups is 1. The Hall–Kier alpha value is -1.79. The van der Waals surface area contributed by atoms with Crippen LogP contribution in [0.4, 0.5) is 0 Å². The van der Waals surface area contributed by atoms with E-state index >= 15 is 0 Å². The van der Waals surface area contributed by atoms with Crippen LogP contribution in [-0.2, 0) is 0 Å². The van der Waals surface area contributed by atoms with Gasteiger partial charge in [0, 0.05) is 0 Å². The van der Waals surface area contributed by atoms with Crippen molar-refractivity contribution in [2.24, 2.45) is 0 Å². The molecular weight excluding hydrogens is 284 g/mol. The molecule has 0 aliphatic heterocycles. The van der Waals surface area contributed by atoms with Gasteiger partial charge in [-0.15, -0.1) is 23.1 Å². The number of carbonyl (C=O) groups is 2. The fourth-order valence-electron chi connectivity index (χ4n) is 1.75. The van der Waals surface area contributed by atoms with Crippen LogP contribution in [0.1, 0.15) is 20.7 Å². The molecule has 1 heterocycles. The van der Waals surface area contributed by atoms with E-state index in [9.17, 15) is 19.8 Å². The lowest BCUT2D eigenvalue weighted by atomic mass is 10.1. The number of hydrogen-bond donors (Lipinski definition) is 2. The Labute approximate surface area is 117 Å². The van der Waals surface area contributed by atoms with Crippen molar-refractivity contribution in [3.05, 3.63) is 41.5 Å². The second kappa shape index (κ2) is 5.46. The average molecular weight is 294 g/mol. The highest BCUT2D eigenvalue weighted by Gasteiger charge is 2.28. The summed E-state index contributed by atoms with van der Waals surface area (Å²) in [7, 11) is 0. The predicted molar refractivity (Wildman–Crippen MR) is 75.5 cm³/mol. The topological polar surface area (TPSA) is 74.6 Å². The maximum Gasteiger partial charge on any atom is 0.338 e. The molecule has 2 rings (SSSR count). The fourth-order valence-corrected chi connectivity index (χ4v) is 3.74. The number of rotatable bonds is 4. The number of thiophene rings is 1. The molecule has 2 aromatic rings. The normalized spacial score (nSPS) is 10.4. The summed E-state index contributed by atoms with van der Waals surface area (Å²) in [6, 6.07) is 8.95. The zero-order chi connectivity index (χ0) is 14.0. The Bertz CT molecular complexity index is 632. The van der Waals surface area contributed by atoms with E-state index in [0.29, 0.717) is 14.6 Å². The van der Waals surface area contributed by atoms with Crippen LogP contribution < -0.4 is 0 Å². The SMILES string of the molecule is CSc1sc(-c2ccccc2)c(C(=O)O)c1C(=O)O. The Morgan fingerprint density at radius 1 is 1.05 bits per heavy atom. The molecule has 0 fully saturated rings. The van der Waals surface area contributed by atoms with Gasteiger partial charge in [-0.05, 0) is 11.8 Å². The monoisotopic (exact) mass is 294 g/mol. The molecule has 19 heavy (non-hydrogen) atoms. The van der Waals surface area contributed by atoms with Gasteiger partial charge in [0.1, 0.15) is 0 Å². The molecule has 6 heteroatoms. The van der Waals surface area contributed by atoms with Crippen molar-refractivity contribution in [2.75, 3.05) is 6.26 Å². The van der Waals surface area contributed by atoms with Gasteiger partial charge >= 0.3 is 11.9 Å². The van der Waals surface area contributed by atoms with Crippen LogP contribution in [0, 0.1) is 0 Å². The Morgan fingerprint density at radius 2 is 1.63 bits per heavy atom. The molecule has 0 spiro atoms. The minimum Gasteiger partial charge on any atom is -0.478 e. The second-order valence-electron chi connectivity index (χ2n) is 3.65. The van der Waals surface area contributed by atoms with Crippen LogP contribution >= 0.6 is 23.1 Å². The third kappa shape index (κ3) is 2.50. The van der Waals surface area contributed by atoms with E-state index in [4.69, 9.17) is 0 Å². The first-order valence-corrected chi connectivity index (χ1v) is 7.33. The van der Waals surface area contributed by atoms with E-state index in [1.807, 2.05) is 6.07 Å². The Morgan fingerprint density at radius 3 is 2.11 bits per heavy atom. The van der Waals surface area contributed by atoms with Crippen molar-refractivity contribution in [2.45, 2.75) is 4.21 Å². The second-order valence-corrected chi connectivity index (χ2v) is 5.74. The van der Waals surface area contributed by atoms with Gasteiger partial charge in [-0.2, -0.15) is 0 Å². The number of carboxylic acid groups (broad SMARTS) is 2. The quantitative estimate of drug-likeness (QED) is 0.844. The zero-order valence-corrected chi connectivity index (χ0v) is 11.5. The van der Waals surface area contributed by atoms with Crippen molar-refractivity contribution in [3.8, 4) is 10.4 Å². The van der Waals surface area contributed by atoms with Gasteiger partial charge in [-0.1, -0.05) is 30.3 Å². The van der Waals surface area contributed by atoms with Gasteiger partial charge in [0.05, 0.1) is 20.2 Å². The van der Waals surface area contributed by atoms with Crippen LogP contribution in [-0.4, -0.2) is 28.4 Å². The highest BCUT2D eigenvalue weighted by atomic mass is 32.2. The smallest absolute Gasteiger partial charge is 0.338 e. The number of hydrogen-bond acceptors (Lipinski definition) is 4. The summed E-state index contributed by atoms with van der Waals surface area (Å²) in [5, 5.41) is 18.5. The number of carboxylic acids is 2. The van der Waals surface area contributed by atoms with Crippen molar-refractivity contribution in [1.82, 2.24) is 0 Å². The van der Waals surface area contributed by atoms with Gasteiger partial charge in [0.25, 0.3) is 0 Å². The van der Waals surface area contributed by atoms with Crippen molar-refractivity contribution < 1.29 is 19.8 Å². The summed E-state index contributed by atoms with van der Waals surface area (Å²) < 4.78 is 0.503. The summed E-state index contributed by atoms with van der Waals surface area (Å²) in [5.74, 6) is -2.42. The molecule has 0 bridgehead atoms. The van der Waals surface area contributed by atoms with Crippen LogP contribution in [0.15, 0.2) is 34.5 Å². The van der Waals surface area contributed by atoms with Gasteiger partial charge in [0.2, 0.25) is 0 Å². The molecule has 0 radical (unpaired) electrons.